The molecule has 4 saturated heterocycles. The molecule has 4 heterocycles. The monoisotopic (exact) mass is 610 g/mol. The normalized spacial score (nSPS) is 36.9. The smallest absolute Gasteiger partial charge is 0.326 e. The maximum absolute atomic E-state index is 13.0. The number of hydrogen-bond acceptors (Lipinski definition) is 9. The van der Waals surface area contributed by atoms with Gasteiger partial charge in [-0.1, -0.05) is 48.0 Å². The maximum Gasteiger partial charge on any atom is 0.326 e. The molecule has 1 aliphatic carbocycles. The summed E-state index contributed by atoms with van der Waals surface area (Å²) in [6, 6.07) is -1.99. The van der Waals surface area contributed by atoms with Gasteiger partial charge in [0.1, 0.15) is 12.1 Å². The van der Waals surface area contributed by atoms with Crippen LogP contribution in [0.4, 0.5) is 0 Å². The first-order valence-electron chi connectivity index (χ1n) is 15.9. The molecule has 5 rings (SSSR count). The molecule has 1 saturated carbocycles. The van der Waals surface area contributed by atoms with Crippen molar-refractivity contribution < 1.29 is 48.3 Å². The molecule has 244 valence electrons. The zero-order chi connectivity index (χ0) is 31.7. The van der Waals surface area contributed by atoms with Crippen molar-refractivity contribution in [2.75, 3.05) is 0 Å². The highest BCUT2D eigenvalue weighted by Gasteiger charge is 2.69. The molecule has 1 spiro atoms. The molecule has 0 aromatic rings. The second-order valence-electron chi connectivity index (χ2n) is 13.7. The number of hydrogen-bond donors (Lipinski definition) is 3. The minimum atomic E-state index is -1.13. The molecule has 0 aromatic carbocycles. The Kier molecular flexibility index (Phi) is 10.5. The van der Waals surface area contributed by atoms with Gasteiger partial charge in [-0.2, -0.15) is 0 Å². The van der Waals surface area contributed by atoms with E-state index in [0.29, 0.717) is 25.2 Å². The Labute approximate surface area is 254 Å². The first-order chi connectivity index (χ1) is 20.2. The molecule has 5 aliphatic rings. The summed E-state index contributed by atoms with van der Waals surface area (Å²) in [6.45, 7) is 13.4. The highest BCUT2D eigenvalue weighted by Crippen LogP contribution is 2.60. The second-order valence-corrected chi connectivity index (χ2v) is 13.7. The van der Waals surface area contributed by atoms with E-state index in [0.717, 1.165) is 19.3 Å². The molecule has 11 atom stereocenters. The topological polar surface area (TPSA) is 159 Å². The number of carbonyl (C=O) groups is 4. The van der Waals surface area contributed by atoms with Gasteiger partial charge in [-0.05, 0) is 56.3 Å². The summed E-state index contributed by atoms with van der Waals surface area (Å²) in [4.78, 5) is 62.4. The number of nitrogens with one attached hydrogen (secondary N) is 2. The fraction of sp³-hybridized carbons (Fsp3) is 0.871. The van der Waals surface area contributed by atoms with Crippen molar-refractivity contribution in [3.05, 3.63) is 0 Å². The van der Waals surface area contributed by atoms with E-state index in [1.165, 1.54) is 0 Å². The summed E-state index contributed by atoms with van der Waals surface area (Å²) in [5.74, 6) is -3.55. The third-order valence-electron chi connectivity index (χ3n) is 10.0. The number of carboxylic acids is 1. The first kappa shape index (κ1) is 33.6. The second kappa shape index (κ2) is 13.4. The Balaban J connectivity index is 1.35. The number of fused-ring (bicyclic) bond motifs is 2. The molecule has 0 aromatic heterocycles. The quantitative estimate of drug-likeness (QED) is 0.220. The highest BCUT2D eigenvalue weighted by molar-refractivity contribution is 5.91. The van der Waals surface area contributed by atoms with Crippen molar-refractivity contribution in [3.8, 4) is 0 Å². The van der Waals surface area contributed by atoms with E-state index >= 15 is 0 Å². The van der Waals surface area contributed by atoms with Crippen LogP contribution in [0, 0.1) is 35.5 Å². The van der Waals surface area contributed by atoms with Crippen molar-refractivity contribution in [3.63, 3.8) is 0 Å². The number of amides is 2. The van der Waals surface area contributed by atoms with Crippen LogP contribution < -0.4 is 10.6 Å². The van der Waals surface area contributed by atoms with E-state index < -0.39 is 59.8 Å². The predicted molar refractivity (Wildman–Crippen MR) is 153 cm³/mol. The van der Waals surface area contributed by atoms with E-state index in [-0.39, 0.29) is 42.4 Å². The Morgan fingerprint density at radius 1 is 1.00 bits per heavy atom. The number of esters is 1. The summed E-state index contributed by atoms with van der Waals surface area (Å²) in [5, 5.41) is 14.8. The zero-order valence-corrected chi connectivity index (χ0v) is 26.6. The predicted octanol–water partition coefficient (Wildman–Crippen LogP) is 3.66. The van der Waals surface area contributed by atoms with Crippen LogP contribution in [0.25, 0.3) is 0 Å². The molecule has 3 N–H and O–H groups in total. The van der Waals surface area contributed by atoms with Gasteiger partial charge in [-0.3, -0.25) is 14.4 Å². The third kappa shape index (κ3) is 7.02. The van der Waals surface area contributed by atoms with Crippen LogP contribution >= 0.6 is 0 Å². The fourth-order valence-corrected chi connectivity index (χ4v) is 7.32. The molecule has 12 heteroatoms. The summed E-state index contributed by atoms with van der Waals surface area (Å²) in [7, 11) is 0. The lowest BCUT2D eigenvalue weighted by atomic mass is 9.58. The van der Waals surface area contributed by atoms with Crippen LogP contribution in [0.1, 0.15) is 99.8 Å². The fourth-order valence-electron chi connectivity index (χ4n) is 7.32. The Morgan fingerprint density at radius 2 is 1.72 bits per heavy atom. The Morgan fingerprint density at radius 3 is 2.37 bits per heavy atom. The number of carboxylic acid groups (broad SMARTS) is 1. The largest absolute Gasteiger partial charge is 0.480 e. The van der Waals surface area contributed by atoms with Crippen molar-refractivity contribution in [2.45, 2.75) is 136 Å². The molecule has 2 amide bonds. The van der Waals surface area contributed by atoms with Gasteiger partial charge in [0.25, 0.3) is 0 Å². The SMILES string of the molecule is CCC(C)[C@H](NC(=O)[C@H](CC(C)C)NC(=O)CCC(=O)O[C@@H]1O[C@@H]2O[C@]3(C)CC[C@H]4[C@H](C)CC[C@@H]([C@H]1C)[C@@]24OO3)C(=O)O. The Hall–Kier alpha value is -2.28. The molecule has 1 unspecified atom stereocenters. The van der Waals surface area contributed by atoms with Crippen molar-refractivity contribution in [2.24, 2.45) is 35.5 Å². The molecular formula is C31H50N2O10. The molecule has 12 nitrogen and oxygen atoms in total. The van der Waals surface area contributed by atoms with Gasteiger partial charge in [0.15, 0.2) is 11.9 Å². The van der Waals surface area contributed by atoms with Gasteiger partial charge in [-0.15, -0.1) is 0 Å². The lowest BCUT2D eigenvalue weighted by Gasteiger charge is -2.59. The summed E-state index contributed by atoms with van der Waals surface area (Å²) in [6.07, 6.45) is 2.31. The number of rotatable bonds is 12. The highest BCUT2D eigenvalue weighted by atomic mass is 17.3. The summed E-state index contributed by atoms with van der Waals surface area (Å²) in [5.41, 5.74) is -0.767. The number of ether oxygens (including phenoxy) is 3. The van der Waals surface area contributed by atoms with Crippen molar-refractivity contribution in [1.29, 1.82) is 0 Å². The minimum absolute atomic E-state index is 0.00319. The van der Waals surface area contributed by atoms with Crippen LogP contribution in [0.15, 0.2) is 0 Å². The van der Waals surface area contributed by atoms with E-state index in [2.05, 4.69) is 17.6 Å². The molecule has 43 heavy (non-hydrogen) atoms. The summed E-state index contributed by atoms with van der Waals surface area (Å²) < 4.78 is 18.4. The van der Waals surface area contributed by atoms with Crippen molar-refractivity contribution >= 4 is 23.8 Å². The average Bonchev–Trinajstić information content (AvgIpc) is 3.17. The number of aliphatic carboxylic acids is 1. The first-order valence-corrected chi connectivity index (χ1v) is 15.9. The lowest BCUT2D eigenvalue weighted by molar-refractivity contribution is -0.576. The van der Waals surface area contributed by atoms with Gasteiger partial charge < -0.3 is 30.0 Å². The van der Waals surface area contributed by atoms with Crippen LogP contribution in [0.5, 0.6) is 0 Å². The van der Waals surface area contributed by atoms with E-state index in [4.69, 9.17) is 24.0 Å². The third-order valence-corrected chi connectivity index (χ3v) is 10.0. The molecule has 5 fully saturated rings. The van der Waals surface area contributed by atoms with Crippen LogP contribution in [0.2, 0.25) is 0 Å². The molecular weight excluding hydrogens is 560 g/mol. The standard InChI is InChI=1S/C31H50N2O10/c1-8-17(4)25(27(37)38)33-26(36)22(15-16(2)3)32-23(34)11-12-24(35)39-28-19(6)21-10-9-18(5)20-13-14-30(7)41-29(40-28)31(20,21)43-42-30/h16-22,25,28-29H,8-15H2,1-7H3,(H,32,34)(H,33,36)(H,37,38)/t17?,18-,19-,20+,21+,22+,25+,28-,29-,30+,31-/m1/s1. The summed E-state index contributed by atoms with van der Waals surface area (Å²) >= 11 is 0. The molecule has 0 radical (unpaired) electrons. The zero-order valence-electron chi connectivity index (χ0n) is 26.6. The number of carbonyl (C=O) groups excluding carboxylic acids is 3. The average molecular weight is 611 g/mol. The van der Waals surface area contributed by atoms with Gasteiger partial charge in [0, 0.05) is 24.7 Å². The van der Waals surface area contributed by atoms with Gasteiger partial charge in [-0.25, -0.2) is 14.6 Å². The van der Waals surface area contributed by atoms with Crippen molar-refractivity contribution in [1.82, 2.24) is 10.6 Å². The van der Waals surface area contributed by atoms with E-state index in [9.17, 15) is 24.3 Å². The van der Waals surface area contributed by atoms with Crippen LogP contribution in [0.3, 0.4) is 0 Å². The maximum atomic E-state index is 13.0. The lowest BCUT2D eigenvalue weighted by Crippen LogP contribution is -2.70. The van der Waals surface area contributed by atoms with Gasteiger partial charge >= 0.3 is 11.9 Å². The molecule has 4 aliphatic heterocycles. The van der Waals surface area contributed by atoms with Crippen LogP contribution in [-0.2, 0) is 43.2 Å². The van der Waals surface area contributed by atoms with E-state index in [1.54, 1.807) is 6.92 Å². The van der Waals surface area contributed by atoms with E-state index in [1.807, 2.05) is 34.6 Å². The van der Waals surface area contributed by atoms with Gasteiger partial charge in [0.2, 0.25) is 23.9 Å². The Bertz CT molecular complexity index is 1050. The molecule has 2 bridgehead atoms. The minimum Gasteiger partial charge on any atom is -0.480 e. The van der Waals surface area contributed by atoms with Crippen LogP contribution in [-0.4, -0.2) is 64.9 Å². The van der Waals surface area contributed by atoms with Gasteiger partial charge in [0.05, 0.1) is 6.42 Å².